The molecule has 0 heterocycles. The van der Waals surface area contributed by atoms with Crippen molar-refractivity contribution >= 4 is 22.6 Å². The minimum atomic E-state index is -0.887. The summed E-state index contributed by atoms with van der Waals surface area (Å²) < 4.78 is 27.4. The molecule has 0 amide bonds. The third-order valence-corrected chi connectivity index (χ3v) is 3.69. The summed E-state index contributed by atoms with van der Waals surface area (Å²) in [5.74, 6) is -1.77. The molecular formula is C14H11F2IO. The van der Waals surface area contributed by atoms with Crippen molar-refractivity contribution in [1.82, 2.24) is 0 Å². The van der Waals surface area contributed by atoms with Gasteiger partial charge in [0.15, 0.2) is 11.6 Å². The molecule has 0 saturated heterocycles. The average Bonchev–Trinajstić information content (AvgIpc) is 2.35. The van der Waals surface area contributed by atoms with Crippen LogP contribution in [0.3, 0.4) is 0 Å². The van der Waals surface area contributed by atoms with E-state index < -0.39 is 17.7 Å². The van der Waals surface area contributed by atoms with Crippen molar-refractivity contribution in [2.24, 2.45) is 0 Å². The minimum absolute atomic E-state index is 0.0591. The summed E-state index contributed by atoms with van der Waals surface area (Å²) in [4.78, 5) is 0. The number of benzene rings is 2. The zero-order chi connectivity index (χ0) is 13.1. The standard InChI is InChI=1S/C14H11F2IO/c15-11-6-3-4-9(14(11)16)8-13(18)10-5-1-2-7-12(10)17/h1-7,13,18H,8H2. The van der Waals surface area contributed by atoms with Gasteiger partial charge in [-0.2, -0.15) is 0 Å². The highest BCUT2D eigenvalue weighted by Gasteiger charge is 2.15. The maximum Gasteiger partial charge on any atom is 0.162 e. The lowest BCUT2D eigenvalue weighted by Gasteiger charge is -2.13. The smallest absolute Gasteiger partial charge is 0.162 e. The van der Waals surface area contributed by atoms with E-state index in [1.54, 1.807) is 6.07 Å². The van der Waals surface area contributed by atoms with Crippen LogP contribution in [0.4, 0.5) is 8.78 Å². The molecular weight excluding hydrogens is 349 g/mol. The van der Waals surface area contributed by atoms with Gasteiger partial charge in [-0.25, -0.2) is 8.78 Å². The van der Waals surface area contributed by atoms with Gasteiger partial charge in [0.25, 0.3) is 0 Å². The molecule has 0 saturated carbocycles. The van der Waals surface area contributed by atoms with Crippen molar-refractivity contribution < 1.29 is 13.9 Å². The van der Waals surface area contributed by atoms with Gasteiger partial charge in [0.2, 0.25) is 0 Å². The fraction of sp³-hybridized carbons (Fsp3) is 0.143. The maximum atomic E-state index is 13.5. The van der Waals surface area contributed by atoms with E-state index in [1.165, 1.54) is 12.1 Å². The Morgan fingerprint density at radius 1 is 1.06 bits per heavy atom. The molecule has 0 radical (unpaired) electrons. The highest BCUT2D eigenvalue weighted by molar-refractivity contribution is 14.1. The van der Waals surface area contributed by atoms with Crippen LogP contribution in [-0.2, 0) is 6.42 Å². The van der Waals surface area contributed by atoms with E-state index in [4.69, 9.17) is 0 Å². The minimum Gasteiger partial charge on any atom is -0.388 e. The van der Waals surface area contributed by atoms with E-state index in [0.29, 0.717) is 0 Å². The highest BCUT2D eigenvalue weighted by Crippen LogP contribution is 2.24. The molecule has 2 aromatic carbocycles. The molecule has 0 aromatic heterocycles. The molecule has 0 aliphatic heterocycles. The van der Waals surface area contributed by atoms with Crippen molar-refractivity contribution in [3.05, 3.63) is 68.8 Å². The lowest BCUT2D eigenvalue weighted by Crippen LogP contribution is -2.06. The molecule has 0 aliphatic rings. The summed E-state index contributed by atoms with van der Waals surface area (Å²) in [6, 6.07) is 11.3. The normalized spacial score (nSPS) is 12.4. The number of hydrogen-bond acceptors (Lipinski definition) is 1. The third kappa shape index (κ3) is 2.87. The second kappa shape index (κ2) is 5.75. The van der Waals surface area contributed by atoms with Gasteiger partial charge < -0.3 is 5.11 Å². The molecule has 0 bridgehead atoms. The summed E-state index contributed by atoms with van der Waals surface area (Å²) in [5, 5.41) is 10.1. The molecule has 1 unspecified atom stereocenters. The van der Waals surface area contributed by atoms with E-state index in [9.17, 15) is 13.9 Å². The summed E-state index contributed by atoms with van der Waals surface area (Å²) in [7, 11) is 0. The largest absolute Gasteiger partial charge is 0.388 e. The van der Waals surface area contributed by atoms with Crippen LogP contribution >= 0.6 is 22.6 Å². The Hall–Kier alpha value is -1.01. The Bertz CT molecular complexity index is 557. The molecule has 2 aromatic rings. The first-order valence-electron chi connectivity index (χ1n) is 5.45. The van der Waals surface area contributed by atoms with Crippen molar-refractivity contribution in [2.75, 3.05) is 0 Å². The van der Waals surface area contributed by atoms with Crippen LogP contribution in [0.25, 0.3) is 0 Å². The summed E-state index contributed by atoms with van der Waals surface area (Å²) >= 11 is 2.11. The second-order valence-electron chi connectivity index (χ2n) is 3.95. The lowest BCUT2D eigenvalue weighted by atomic mass is 10.0. The Morgan fingerprint density at radius 3 is 2.50 bits per heavy atom. The Balaban J connectivity index is 2.24. The first-order chi connectivity index (χ1) is 8.59. The Morgan fingerprint density at radius 2 is 1.78 bits per heavy atom. The predicted octanol–water partition coefficient (Wildman–Crippen LogP) is 3.85. The monoisotopic (exact) mass is 360 g/mol. The molecule has 4 heteroatoms. The quantitative estimate of drug-likeness (QED) is 0.825. The van der Waals surface area contributed by atoms with Crippen LogP contribution in [-0.4, -0.2) is 5.11 Å². The van der Waals surface area contributed by atoms with Crippen LogP contribution in [0.1, 0.15) is 17.2 Å². The Labute approximate surface area is 118 Å². The fourth-order valence-corrected chi connectivity index (χ4v) is 2.52. The number of halogens is 3. The summed E-state index contributed by atoms with van der Waals surface area (Å²) in [6.07, 6.45) is -0.779. The molecule has 0 fully saturated rings. The van der Waals surface area contributed by atoms with Crippen molar-refractivity contribution in [3.63, 3.8) is 0 Å². The Kier molecular flexibility index (Phi) is 4.29. The van der Waals surface area contributed by atoms with Gasteiger partial charge in [-0.1, -0.05) is 30.3 Å². The van der Waals surface area contributed by atoms with Gasteiger partial charge in [0, 0.05) is 9.99 Å². The third-order valence-electron chi connectivity index (χ3n) is 2.71. The first kappa shape index (κ1) is 13.4. The average molecular weight is 360 g/mol. The van der Waals surface area contributed by atoms with E-state index in [-0.39, 0.29) is 12.0 Å². The molecule has 1 nitrogen and oxygen atoms in total. The van der Waals surface area contributed by atoms with Crippen LogP contribution in [0, 0.1) is 15.2 Å². The van der Waals surface area contributed by atoms with Crippen molar-refractivity contribution in [2.45, 2.75) is 12.5 Å². The lowest BCUT2D eigenvalue weighted by molar-refractivity contribution is 0.176. The number of rotatable bonds is 3. The molecule has 94 valence electrons. The zero-order valence-electron chi connectivity index (χ0n) is 9.41. The van der Waals surface area contributed by atoms with Gasteiger partial charge in [0.1, 0.15) is 0 Å². The van der Waals surface area contributed by atoms with Gasteiger partial charge >= 0.3 is 0 Å². The molecule has 18 heavy (non-hydrogen) atoms. The van der Waals surface area contributed by atoms with Gasteiger partial charge in [0.05, 0.1) is 6.10 Å². The van der Waals surface area contributed by atoms with Gasteiger partial charge in [-0.3, -0.25) is 0 Å². The summed E-state index contributed by atoms with van der Waals surface area (Å²) in [6.45, 7) is 0. The predicted molar refractivity (Wildman–Crippen MR) is 74.2 cm³/mol. The zero-order valence-corrected chi connectivity index (χ0v) is 11.6. The number of hydrogen-bond donors (Lipinski definition) is 1. The van der Waals surface area contributed by atoms with Crippen molar-refractivity contribution in [1.29, 1.82) is 0 Å². The maximum absolute atomic E-state index is 13.5. The molecule has 1 N–H and O–H groups in total. The van der Waals surface area contributed by atoms with E-state index in [0.717, 1.165) is 15.2 Å². The van der Waals surface area contributed by atoms with Crippen LogP contribution in [0.15, 0.2) is 42.5 Å². The second-order valence-corrected chi connectivity index (χ2v) is 5.12. The fourth-order valence-electron chi connectivity index (χ4n) is 1.77. The summed E-state index contributed by atoms with van der Waals surface area (Å²) in [5.41, 5.74) is 0.906. The van der Waals surface area contributed by atoms with Crippen LogP contribution < -0.4 is 0 Å². The highest BCUT2D eigenvalue weighted by atomic mass is 127. The first-order valence-corrected chi connectivity index (χ1v) is 6.53. The molecule has 1 atom stereocenters. The van der Waals surface area contributed by atoms with Gasteiger partial charge in [-0.05, 0) is 45.9 Å². The van der Waals surface area contributed by atoms with Crippen molar-refractivity contribution in [3.8, 4) is 0 Å². The van der Waals surface area contributed by atoms with E-state index >= 15 is 0 Å². The molecule has 0 spiro atoms. The molecule has 2 rings (SSSR count). The SMILES string of the molecule is OC(Cc1cccc(F)c1F)c1ccccc1I. The van der Waals surface area contributed by atoms with Gasteiger partial charge in [-0.15, -0.1) is 0 Å². The number of aliphatic hydroxyl groups excluding tert-OH is 1. The van der Waals surface area contributed by atoms with E-state index in [1.807, 2.05) is 18.2 Å². The number of aliphatic hydroxyl groups is 1. The topological polar surface area (TPSA) is 20.2 Å². The van der Waals surface area contributed by atoms with Crippen LogP contribution in [0.5, 0.6) is 0 Å². The molecule has 0 aliphatic carbocycles. The van der Waals surface area contributed by atoms with E-state index in [2.05, 4.69) is 22.6 Å². The van der Waals surface area contributed by atoms with Crippen LogP contribution in [0.2, 0.25) is 0 Å².